The van der Waals surface area contributed by atoms with E-state index >= 15 is 0 Å². The lowest BCUT2D eigenvalue weighted by atomic mass is 10.2. The average Bonchev–Trinajstić information content (AvgIpc) is 2.44. The molecule has 2 rings (SSSR count). The van der Waals surface area contributed by atoms with E-state index in [9.17, 15) is 9.18 Å². The molecular formula is C15H15FO2. The highest BCUT2D eigenvalue weighted by atomic mass is 19.1. The first-order chi connectivity index (χ1) is 8.79. The van der Waals surface area contributed by atoms with Crippen LogP contribution in [0.4, 0.5) is 4.39 Å². The van der Waals surface area contributed by atoms with Crippen LogP contribution in [0.1, 0.15) is 24.2 Å². The Bertz CT molecular complexity index is 492. The van der Waals surface area contributed by atoms with Crippen molar-refractivity contribution in [2.75, 3.05) is 0 Å². The van der Waals surface area contributed by atoms with Crippen molar-refractivity contribution in [2.24, 2.45) is 0 Å². The van der Waals surface area contributed by atoms with Crippen molar-refractivity contribution < 1.29 is 13.9 Å². The summed E-state index contributed by atoms with van der Waals surface area (Å²) in [7, 11) is 0. The second-order valence-electron chi connectivity index (χ2n) is 3.21. The van der Waals surface area contributed by atoms with Crippen molar-refractivity contribution in [3.8, 4) is 11.5 Å². The first-order valence-electron chi connectivity index (χ1n) is 5.77. The van der Waals surface area contributed by atoms with Crippen LogP contribution >= 0.6 is 0 Å². The zero-order valence-electron chi connectivity index (χ0n) is 10.4. The van der Waals surface area contributed by atoms with Crippen LogP contribution in [-0.2, 0) is 0 Å². The minimum atomic E-state index is -0.323. The molecule has 0 heterocycles. The number of rotatable bonds is 3. The first-order valence-corrected chi connectivity index (χ1v) is 5.77. The monoisotopic (exact) mass is 246 g/mol. The van der Waals surface area contributed by atoms with Crippen LogP contribution in [0.5, 0.6) is 11.5 Å². The van der Waals surface area contributed by atoms with Crippen molar-refractivity contribution in [3.63, 3.8) is 0 Å². The lowest BCUT2D eigenvalue weighted by Gasteiger charge is -2.07. The van der Waals surface area contributed by atoms with Crippen LogP contribution in [0.25, 0.3) is 0 Å². The van der Waals surface area contributed by atoms with Gasteiger partial charge in [-0.2, -0.15) is 0 Å². The van der Waals surface area contributed by atoms with E-state index in [2.05, 4.69) is 0 Å². The maximum Gasteiger partial charge on any atom is 0.153 e. The van der Waals surface area contributed by atoms with E-state index in [-0.39, 0.29) is 5.82 Å². The molecule has 0 atom stereocenters. The van der Waals surface area contributed by atoms with Crippen molar-refractivity contribution in [1.29, 1.82) is 0 Å². The molecule has 2 aromatic rings. The molecule has 0 spiro atoms. The van der Waals surface area contributed by atoms with Crippen molar-refractivity contribution in [3.05, 3.63) is 59.9 Å². The molecule has 2 aromatic carbocycles. The van der Waals surface area contributed by atoms with E-state index < -0.39 is 0 Å². The quantitative estimate of drug-likeness (QED) is 0.747. The summed E-state index contributed by atoms with van der Waals surface area (Å²) in [5.74, 6) is 0.635. The van der Waals surface area contributed by atoms with Gasteiger partial charge in [-0.15, -0.1) is 0 Å². The number of benzene rings is 2. The molecule has 0 aliphatic carbocycles. The number of hydrogen-bond acceptors (Lipinski definition) is 2. The highest BCUT2D eigenvalue weighted by Crippen LogP contribution is 2.23. The van der Waals surface area contributed by atoms with Gasteiger partial charge in [-0.05, 0) is 36.4 Å². The molecule has 3 heteroatoms. The second kappa shape index (κ2) is 7.22. The molecule has 0 saturated carbocycles. The van der Waals surface area contributed by atoms with Gasteiger partial charge in [0, 0.05) is 0 Å². The Balaban J connectivity index is 0.000000771. The lowest BCUT2D eigenvalue weighted by Crippen LogP contribution is -1.89. The molecule has 0 bridgehead atoms. The van der Waals surface area contributed by atoms with Crippen molar-refractivity contribution in [2.45, 2.75) is 13.8 Å². The normalized spacial score (nSPS) is 9.06. The zero-order chi connectivity index (χ0) is 13.4. The van der Waals surface area contributed by atoms with Crippen LogP contribution in [0, 0.1) is 5.82 Å². The van der Waals surface area contributed by atoms with Gasteiger partial charge >= 0.3 is 0 Å². The Kier molecular flexibility index (Phi) is 5.58. The summed E-state index contributed by atoms with van der Waals surface area (Å²) >= 11 is 0. The fraction of sp³-hybridized carbons (Fsp3) is 0.133. The molecule has 0 saturated heterocycles. The molecular weight excluding hydrogens is 231 g/mol. The zero-order valence-corrected chi connectivity index (χ0v) is 10.4. The molecule has 0 radical (unpaired) electrons. The molecule has 0 N–H and O–H groups in total. The van der Waals surface area contributed by atoms with Gasteiger partial charge in [0.25, 0.3) is 0 Å². The van der Waals surface area contributed by atoms with Gasteiger partial charge in [0.2, 0.25) is 0 Å². The molecule has 94 valence electrons. The number of para-hydroxylation sites is 1. The van der Waals surface area contributed by atoms with Gasteiger partial charge in [0.05, 0.1) is 5.56 Å². The fourth-order valence-electron chi connectivity index (χ4n) is 1.30. The first kappa shape index (κ1) is 13.9. The van der Waals surface area contributed by atoms with Gasteiger partial charge in [-0.3, -0.25) is 4.79 Å². The number of carbonyl (C=O) groups excluding carboxylic acids is 1. The van der Waals surface area contributed by atoms with Gasteiger partial charge in [0.15, 0.2) is 6.29 Å². The molecule has 0 unspecified atom stereocenters. The van der Waals surface area contributed by atoms with Crippen molar-refractivity contribution in [1.82, 2.24) is 0 Å². The summed E-state index contributed by atoms with van der Waals surface area (Å²) in [6.07, 6.45) is 0.721. The molecule has 0 fully saturated rings. The molecule has 2 nitrogen and oxygen atoms in total. The third kappa shape index (κ3) is 3.70. The minimum Gasteiger partial charge on any atom is -0.457 e. The number of aldehydes is 1. The van der Waals surface area contributed by atoms with E-state index in [0.29, 0.717) is 17.1 Å². The minimum absolute atomic E-state index is 0.323. The van der Waals surface area contributed by atoms with Gasteiger partial charge in [-0.25, -0.2) is 4.39 Å². The number of halogens is 1. The lowest BCUT2D eigenvalue weighted by molar-refractivity contribution is 0.112. The number of carbonyl (C=O) groups is 1. The van der Waals surface area contributed by atoms with Crippen LogP contribution in [0.2, 0.25) is 0 Å². The van der Waals surface area contributed by atoms with E-state index in [1.165, 1.54) is 24.3 Å². The molecule has 0 aliphatic heterocycles. The molecule has 0 aromatic heterocycles. The third-order valence-electron chi connectivity index (χ3n) is 2.09. The highest BCUT2D eigenvalue weighted by molar-refractivity contribution is 5.79. The predicted molar refractivity (Wildman–Crippen MR) is 69.7 cm³/mol. The Hall–Kier alpha value is -2.16. The Morgan fingerprint density at radius 3 is 2.22 bits per heavy atom. The maximum atomic E-state index is 12.7. The number of hydrogen-bond donors (Lipinski definition) is 0. The van der Waals surface area contributed by atoms with Crippen LogP contribution < -0.4 is 4.74 Å². The molecule has 0 aliphatic rings. The molecule has 18 heavy (non-hydrogen) atoms. The maximum absolute atomic E-state index is 12.7. The highest BCUT2D eigenvalue weighted by Gasteiger charge is 2.02. The van der Waals surface area contributed by atoms with E-state index in [0.717, 1.165) is 6.29 Å². The summed E-state index contributed by atoms with van der Waals surface area (Å²) in [6, 6.07) is 12.5. The van der Waals surface area contributed by atoms with Crippen LogP contribution in [0.15, 0.2) is 48.5 Å². The van der Waals surface area contributed by atoms with Crippen LogP contribution in [0.3, 0.4) is 0 Å². The third-order valence-corrected chi connectivity index (χ3v) is 2.09. The van der Waals surface area contributed by atoms with Gasteiger partial charge in [-0.1, -0.05) is 26.0 Å². The summed E-state index contributed by atoms with van der Waals surface area (Å²) < 4.78 is 18.1. The van der Waals surface area contributed by atoms with Crippen molar-refractivity contribution >= 4 is 6.29 Å². The predicted octanol–water partition coefficient (Wildman–Crippen LogP) is 4.46. The van der Waals surface area contributed by atoms with E-state index in [1.807, 2.05) is 13.8 Å². The SMILES string of the molecule is CC.O=Cc1ccccc1Oc1ccc(F)cc1. The summed E-state index contributed by atoms with van der Waals surface area (Å²) in [5, 5.41) is 0. The second-order valence-corrected chi connectivity index (χ2v) is 3.21. The Morgan fingerprint density at radius 1 is 1.00 bits per heavy atom. The van der Waals surface area contributed by atoms with Crippen LogP contribution in [-0.4, -0.2) is 6.29 Å². The fourth-order valence-corrected chi connectivity index (χ4v) is 1.30. The summed E-state index contributed by atoms with van der Waals surface area (Å²) in [4.78, 5) is 10.7. The Morgan fingerprint density at radius 2 is 1.61 bits per heavy atom. The average molecular weight is 246 g/mol. The number of ether oxygens (including phenoxy) is 1. The van der Waals surface area contributed by atoms with Gasteiger partial charge in [0.1, 0.15) is 17.3 Å². The molecule has 0 amide bonds. The Labute approximate surface area is 106 Å². The standard InChI is InChI=1S/C13H9FO2.C2H6/c14-11-5-7-12(8-6-11)16-13-4-2-1-3-10(13)9-15;1-2/h1-9H;1-2H3. The summed E-state index contributed by atoms with van der Waals surface area (Å²) in [5.41, 5.74) is 0.465. The van der Waals surface area contributed by atoms with E-state index in [1.54, 1.807) is 24.3 Å². The topological polar surface area (TPSA) is 26.3 Å². The smallest absolute Gasteiger partial charge is 0.153 e. The largest absolute Gasteiger partial charge is 0.457 e. The van der Waals surface area contributed by atoms with Gasteiger partial charge < -0.3 is 4.74 Å². The van der Waals surface area contributed by atoms with E-state index in [4.69, 9.17) is 4.74 Å². The summed E-state index contributed by atoms with van der Waals surface area (Å²) in [6.45, 7) is 4.00.